The maximum Gasteiger partial charge on any atom is 0.349 e. The van der Waals surface area contributed by atoms with E-state index >= 15 is 0 Å². The highest BCUT2D eigenvalue weighted by Crippen LogP contribution is 2.17. The smallest absolute Gasteiger partial charge is 0.349 e. The first kappa shape index (κ1) is 19.9. The predicted octanol–water partition coefficient (Wildman–Crippen LogP) is 4.09. The van der Waals surface area contributed by atoms with Crippen LogP contribution >= 0.6 is 0 Å². The van der Waals surface area contributed by atoms with Crippen molar-refractivity contribution in [2.24, 2.45) is 0 Å². The van der Waals surface area contributed by atoms with E-state index in [1.54, 1.807) is 18.2 Å². The van der Waals surface area contributed by atoms with E-state index in [0.717, 1.165) is 16.7 Å². The molecule has 0 aliphatic rings. The number of anilines is 1. The SMILES string of the molecule is Cc1ccc(/C=C(\C#N)C(=O)O[C@H](C)C(=O)Nc2ccc(C)cc2C)cc1. The molecule has 2 aromatic carbocycles. The first-order chi connectivity index (χ1) is 12.8. The van der Waals surface area contributed by atoms with E-state index in [1.165, 1.54) is 13.0 Å². The van der Waals surface area contributed by atoms with Gasteiger partial charge in [0.15, 0.2) is 6.10 Å². The van der Waals surface area contributed by atoms with E-state index in [9.17, 15) is 14.9 Å². The Balaban J connectivity index is 2.05. The molecule has 2 rings (SSSR count). The largest absolute Gasteiger partial charge is 0.448 e. The number of hydrogen-bond donors (Lipinski definition) is 1. The van der Waals surface area contributed by atoms with Gasteiger partial charge in [-0.1, -0.05) is 47.5 Å². The van der Waals surface area contributed by atoms with E-state index in [1.807, 2.05) is 51.1 Å². The van der Waals surface area contributed by atoms with Crippen molar-refractivity contribution in [3.63, 3.8) is 0 Å². The second-order valence-electron chi connectivity index (χ2n) is 6.44. The van der Waals surface area contributed by atoms with E-state index in [4.69, 9.17) is 4.74 Å². The summed E-state index contributed by atoms with van der Waals surface area (Å²) in [5.74, 6) is -1.29. The molecule has 1 amide bonds. The summed E-state index contributed by atoms with van der Waals surface area (Å²) in [6.07, 6.45) is 0.407. The van der Waals surface area contributed by atoms with Crippen molar-refractivity contribution in [3.05, 3.63) is 70.3 Å². The van der Waals surface area contributed by atoms with Crippen LogP contribution in [-0.2, 0) is 14.3 Å². The number of nitrogens with zero attached hydrogens (tertiary/aromatic N) is 1. The van der Waals surface area contributed by atoms with Crippen LogP contribution in [0.4, 0.5) is 5.69 Å². The van der Waals surface area contributed by atoms with Gasteiger partial charge in [-0.25, -0.2) is 4.79 Å². The maximum absolute atomic E-state index is 12.3. The Hall–Kier alpha value is -3.39. The molecule has 0 aliphatic heterocycles. The standard InChI is InChI=1S/C22H22N2O3/c1-14-5-8-18(9-6-14)12-19(13-23)22(26)27-17(4)21(25)24-20-10-7-15(2)11-16(20)3/h5-12,17H,1-4H3,(H,24,25)/b19-12+/t17-/m1/s1. The van der Waals surface area contributed by atoms with Gasteiger partial charge in [-0.3, -0.25) is 4.79 Å². The zero-order valence-electron chi connectivity index (χ0n) is 15.9. The van der Waals surface area contributed by atoms with Crippen LogP contribution in [0.25, 0.3) is 6.08 Å². The average molecular weight is 362 g/mol. The summed E-state index contributed by atoms with van der Waals surface area (Å²) in [5.41, 5.74) is 4.28. The van der Waals surface area contributed by atoms with Crippen molar-refractivity contribution in [3.8, 4) is 6.07 Å². The van der Waals surface area contributed by atoms with E-state index in [2.05, 4.69) is 5.32 Å². The van der Waals surface area contributed by atoms with Crippen molar-refractivity contribution in [1.29, 1.82) is 5.26 Å². The second kappa shape index (κ2) is 8.81. The third-order valence-electron chi connectivity index (χ3n) is 4.02. The fourth-order valence-corrected chi connectivity index (χ4v) is 2.43. The molecule has 138 valence electrons. The highest BCUT2D eigenvalue weighted by atomic mass is 16.5. The maximum atomic E-state index is 12.3. The first-order valence-electron chi connectivity index (χ1n) is 8.57. The van der Waals surface area contributed by atoms with Crippen molar-refractivity contribution in [2.45, 2.75) is 33.8 Å². The molecule has 0 radical (unpaired) electrons. The fourth-order valence-electron chi connectivity index (χ4n) is 2.43. The lowest BCUT2D eigenvalue weighted by atomic mass is 10.1. The van der Waals surface area contributed by atoms with Crippen molar-refractivity contribution in [2.75, 3.05) is 5.32 Å². The summed E-state index contributed by atoms with van der Waals surface area (Å²) in [6, 6.07) is 14.8. The monoisotopic (exact) mass is 362 g/mol. The Morgan fingerprint density at radius 1 is 1.07 bits per heavy atom. The van der Waals surface area contributed by atoms with Gasteiger partial charge in [0, 0.05) is 5.69 Å². The molecule has 5 nitrogen and oxygen atoms in total. The first-order valence-corrected chi connectivity index (χ1v) is 8.57. The van der Waals surface area contributed by atoms with Gasteiger partial charge in [0.2, 0.25) is 0 Å². The molecule has 0 aliphatic carbocycles. The quantitative estimate of drug-likeness (QED) is 0.494. The van der Waals surface area contributed by atoms with Crippen molar-refractivity contribution in [1.82, 2.24) is 0 Å². The number of rotatable bonds is 5. The second-order valence-corrected chi connectivity index (χ2v) is 6.44. The topological polar surface area (TPSA) is 79.2 Å². The lowest BCUT2D eigenvalue weighted by molar-refractivity contribution is -0.148. The number of amides is 1. The number of nitriles is 1. The molecule has 27 heavy (non-hydrogen) atoms. The van der Waals surface area contributed by atoms with Crippen LogP contribution in [0.2, 0.25) is 0 Å². The highest BCUT2D eigenvalue weighted by Gasteiger charge is 2.21. The summed E-state index contributed by atoms with van der Waals surface area (Å²) in [7, 11) is 0. The van der Waals surface area contributed by atoms with Crippen LogP contribution < -0.4 is 5.32 Å². The zero-order chi connectivity index (χ0) is 20.0. The van der Waals surface area contributed by atoms with Gasteiger partial charge in [-0.05, 0) is 51.0 Å². The van der Waals surface area contributed by atoms with E-state index in [0.29, 0.717) is 11.3 Å². The zero-order valence-corrected chi connectivity index (χ0v) is 15.9. The molecule has 0 unspecified atom stereocenters. The molecule has 0 saturated heterocycles. The van der Waals surface area contributed by atoms with Gasteiger partial charge >= 0.3 is 5.97 Å². The van der Waals surface area contributed by atoms with E-state index < -0.39 is 18.0 Å². The third-order valence-corrected chi connectivity index (χ3v) is 4.02. The lowest BCUT2D eigenvalue weighted by Crippen LogP contribution is -2.30. The third kappa shape index (κ3) is 5.55. The Kier molecular flexibility index (Phi) is 6.51. The van der Waals surface area contributed by atoms with Crippen LogP contribution in [0.15, 0.2) is 48.0 Å². The predicted molar refractivity (Wildman–Crippen MR) is 105 cm³/mol. The van der Waals surface area contributed by atoms with Gasteiger partial charge in [0.05, 0.1) is 0 Å². The molecule has 5 heteroatoms. The molecule has 0 aromatic heterocycles. The molecule has 0 heterocycles. The summed E-state index contributed by atoms with van der Waals surface area (Å²) in [6.45, 7) is 7.27. The molecule has 1 atom stereocenters. The van der Waals surface area contributed by atoms with Gasteiger partial charge in [-0.15, -0.1) is 0 Å². The number of carbonyl (C=O) groups excluding carboxylic acids is 2. The van der Waals surface area contributed by atoms with Gasteiger partial charge < -0.3 is 10.1 Å². The Morgan fingerprint density at radius 3 is 2.30 bits per heavy atom. The minimum Gasteiger partial charge on any atom is -0.448 e. The number of hydrogen-bond acceptors (Lipinski definition) is 4. The van der Waals surface area contributed by atoms with Crippen LogP contribution in [0.3, 0.4) is 0 Å². The molecular weight excluding hydrogens is 340 g/mol. The van der Waals surface area contributed by atoms with Gasteiger partial charge in [-0.2, -0.15) is 5.26 Å². The summed E-state index contributed by atoms with van der Waals surface area (Å²) >= 11 is 0. The van der Waals surface area contributed by atoms with Crippen LogP contribution in [0.1, 0.15) is 29.2 Å². The molecule has 0 fully saturated rings. The molecule has 0 bridgehead atoms. The molecule has 0 spiro atoms. The normalized spacial score (nSPS) is 12.0. The fraction of sp³-hybridized carbons (Fsp3) is 0.227. The Morgan fingerprint density at radius 2 is 1.70 bits per heavy atom. The number of ether oxygens (including phenoxy) is 1. The molecule has 1 N–H and O–H groups in total. The molecule has 0 saturated carbocycles. The summed E-state index contributed by atoms with van der Waals surface area (Å²) in [5, 5.41) is 12.0. The lowest BCUT2D eigenvalue weighted by Gasteiger charge is -2.14. The van der Waals surface area contributed by atoms with Crippen LogP contribution in [0.5, 0.6) is 0 Å². The van der Waals surface area contributed by atoms with Gasteiger partial charge in [0.25, 0.3) is 5.91 Å². The Labute approximate surface area is 159 Å². The van der Waals surface area contributed by atoms with Crippen LogP contribution in [-0.4, -0.2) is 18.0 Å². The number of nitrogens with one attached hydrogen (secondary N) is 1. The number of aryl methyl sites for hydroxylation is 3. The number of esters is 1. The molecule has 2 aromatic rings. The minimum atomic E-state index is -1.03. The number of carbonyl (C=O) groups is 2. The van der Waals surface area contributed by atoms with Crippen molar-refractivity contribution < 1.29 is 14.3 Å². The van der Waals surface area contributed by atoms with Gasteiger partial charge in [0.1, 0.15) is 11.6 Å². The highest BCUT2D eigenvalue weighted by molar-refractivity contribution is 6.01. The number of benzene rings is 2. The van der Waals surface area contributed by atoms with E-state index in [-0.39, 0.29) is 5.57 Å². The van der Waals surface area contributed by atoms with Crippen LogP contribution in [0, 0.1) is 32.1 Å². The summed E-state index contributed by atoms with van der Waals surface area (Å²) < 4.78 is 5.16. The Bertz CT molecular complexity index is 922. The average Bonchev–Trinajstić information content (AvgIpc) is 2.63. The molecular formula is C22H22N2O3. The van der Waals surface area contributed by atoms with Crippen molar-refractivity contribution >= 4 is 23.6 Å². The minimum absolute atomic E-state index is 0.162. The summed E-state index contributed by atoms with van der Waals surface area (Å²) in [4.78, 5) is 24.5.